The standard InChI is InChI=1S/C21H40O2.C4H6O2.C3H5NO/c1-3-5-6-7-8-9-10-11-12-13-14-15-16-17-18-19-20-23-21(22)4-2;1-3-6-4(2)5;1-2-3(4)5/h4H,2-3,5-20H2,1H3;3H,1H2,2H3;2H,1H2,(H2,4,5). The molecule has 0 fully saturated rings. The topological polar surface area (TPSA) is 95.7 Å². The molecule has 0 aromatic carbocycles. The number of hydrogen-bond acceptors (Lipinski definition) is 5. The molecule has 0 aliphatic carbocycles. The van der Waals surface area contributed by atoms with Gasteiger partial charge in [-0.15, -0.1) is 0 Å². The Labute approximate surface area is 209 Å². The molecule has 34 heavy (non-hydrogen) atoms. The molecule has 0 unspecified atom stereocenters. The van der Waals surface area contributed by atoms with E-state index in [1.807, 2.05) is 0 Å². The molecule has 0 heterocycles. The molecule has 0 saturated carbocycles. The van der Waals surface area contributed by atoms with Crippen LogP contribution in [0, 0.1) is 0 Å². The third-order valence-corrected chi connectivity index (χ3v) is 4.86. The molecule has 0 bridgehead atoms. The number of nitrogens with two attached hydrogens (primary N) is 1. The van der Waals surface area contributed by atoms with Crippen LogP contribution in [-0.4, -0.2) is 24.5 Å². The van der Waals surface area contributed by atoms with Gasteiger partial charge >= 0.3 is 11.9 Å². The Bertz CT molecular complexity index is 517. The zero-order chi connectivity index (χ0) is 26.3. The molecule has 0 atom stereocenters. The summed E-state index contributed by atoms with van der Waals surface area (Å²) in [7, 11) is 0. The fourth-order valence-electron chi connectivity index (χ4n) is 3.00. The van der Waals surface area contributed by atoms with Crippen molar-refractivity contribution in [3.05, 3.63) is 38.2 Å². The first kappa shape index (κ1) is 36.2. The fraction of sp³-hybridized carbons (Fsp3) is 0.679. The predicted molar refractivity (Wildman–Crippen MR) is 142 cm³/mol. The van der Waals surface area contributed by atoms with E-state index in [4.69, 9.17) is 4.74 Å². The highest BCUT2D eigenvalue weighted by Crippen LogP contribution is 2.13. The molecular weight excluding hydrogens is 430 g/mol. The van der Waals surface area contributed by atoms with Crippen LogP contribution in [0.4, 0.5) is 0 Å². The minimum Gasteiger partial charge on any atom is -0.463 e. The molecule has 6 nitrogen and oxygen atoms in total. The van der Waals surface area contributed by atoms with E-state index >= 15 is 0 Å². The average molecular weight is 482 g/mol. The molecule has 0 saturated heterocycles. The normalized spacial score (nSPS) is 9.35. The zero-order valence-electron chi connectivity index (χ0n) is 22.0. The Morgan fingerprint density at radius 1 is 0.676 bits per heavy atom. The second-order valence-electron chi connectivity index (χ2n) is 8.06. The molecule has 0 aliphatic heterocycles. The van der Waals surface area contributed by atoms with Crippen LogP contribution >= 0.6 is 0 Å². The first-order chi connectivity index (χ1) is 16.3. The van der Waals surface area contributed by atoms with Gasteiger partial charge in [0, 0.05) is 13.0 Å². The molecule has 0 aromatic rings. The van der Waals surface area contributed by atoms with Gasteiger partial charge < -0.3 is 15.2 Å². The van der Waals surface area contributed by atoms with Crippen LogP contribution in [0.1, 0.15) is 117 Å². The Morgan fingerprint density at radius 3 is 1.26 bits per heavy atom. The van der Waals surface area contributed by atoms with Crippen LogP contribution in [0.3, 0.4) is 0 Å². The molecule has 6 heteroatoms. The van der Waals surface area contributed by atoms with Crippen LogP contribution in [0.15, 0.2) is 38.2 Å². The molecule has 2 N–H and O–H groups in total. The lowest BCUT2D eigenvalue weighted by Crippen LogP contribution is -2.04. The summed E-state index contributed by atoms with van der Waals surface area (Å²) in [6, 6.07) is 0. The first-order valence-corrected chi connectivity index (χ1v) is 12.8. The quantitative estimate of drug-likeness (QED) is 0.0850. The van der Waals surface area contributed by atoms with E-state index in [1.165, 1.54) is 109 Å². The van der Waals surface area contributed by atoms with Gasteiger partial charge in [-0.1, -0.05) is 123 Å². The van der Waals surface area contributed by atoms with Crippen molar-refractivity contribution >= 4 is 17.8 Å². The van der Waals surface area contributed by atoms with Crippen molar-refractivity contribution in [1.29, 1.82) is 0 Å². The minimum absolute atomic E-state index is 0.300. The second kappa shape index (κ2) is 32.8. The van der Waals surface area contributed by atoms with E-state index in [2.05, 4.69) is 37.1 Å². The maximum Gasteiger partial charge on any atom is 0.330 e. The lowest BCUT2D eigenvalue weighted by atomic mass is 10.0. The van der Waals surface area contributed by atoms with Gasteiger partial charge in [0.15, 0.2) is 0 Å². The number of hydrogen-bond donors (Lipinski definition) is 1. The summed E-state index contributed by atoms with van der Waals surface area (Å²) in [5, 5.41) is 0. The molecular formula is C28H51NO5. The van der Waals surface area contributed by atoms with E-state index in [0.717, 1.165) is 18.8 Å². The van der Waals surface area contributed by atoms with E-state index in [-0.39, 0.29) is 11.9 Å². The van der Waals surface area contributed by atoms with Crippen molar-refractivity contribution in [3.63, 3.8) is 0 Å². The van der Waals surface area contributed by atoms with Gasteiger partial charge in [0.2, 0.25) is 5.91 Å². The summed E-state index contributed by atoms with van der Waals surface area (Å²) >= 11 is 0. The SMILES string of the molecule is C=CC(=O)OCCCCCCCCCCCCCCCCCC.C=CC(N)=O.C=COC(C)=O. The summed E-state index contributed by atoms with van der Waals surface area (Å²) < 4.78 is 9.12. The average Bonchev–Trinajstić information content (AvgIpc) is 2.81. The monoisotopic (exact) mass is 481 g/mol. The minimum atomic E-state index is -0.481. The van der Waals surface area contributed by atoms with Crippen LogP contribution in [0.2, 0.25) is 0 Å². The molecule has 1 amide bonds. The van der Waals surface area contributed by atoms with Crippen LogP contribution in [-0.2, 0) is 23.9 Å². The van der Waals surface area contributed by atoms with Crippen molar-refractivity contribution in [2.45, 2.75) is 117 Å². The Kier molecular flexibility index (Phi) is 34.9. The van der Waals surface area contributed by atoms with Gasteiger partial charge in [-0.05, 0) is 12.5 Å². The number of primary amides is 1. The Morgan fingerprint density at radius 2 is 1.03 bits per heavy atom. The number of esters is 2. The Hall–Kier alpha value is -2.37. The van der Waals surface area contributed by atoms with Gasteiger partial charge in [-0.3, -0.25) is 9.59 Å². The number of carbonyl (C=O) groups excluding carboxylic acids is 3. The number of rotatable bonds is 20. The van der Waals surface area contributed by atoms with E-state index in [0.29, 0.717) is 6.61 Å². The van der Waals surface area contributed by atoms with Gasteiger partial charge in [-0.2, -0.15) is 0 Å². The van der Waals surface area contributed by atoms with Gasteiger partial charge in [0.1, 0.15) is 0 Å². The highest BCUT2D eigenvalue weighted by molar-refractivity contribution is 5.85. The molecule has 0 rings (SSSR count). The van der Waals surface area contributed by atoms with Crippen LogP contribution < -0.4 is 5.73 Å². The summed E-state index contributed by atoms with van der Waals surface area (Å²) in [5.74, 6) is -1.11. The van der Waals surface area contributed by atoms with E-state index < -0.39 is 5.91 Å². The third-order valence-electron chi connectivity index (χ3n) is 4.86. The predicted octanol–water partition coefficient (Wildman–Crippen LogP) is 7.33. The number of ether oxygens (including phenoxy) is 2. The maximum atomic E-state index is 10.8. The molecule has 0 spiro atoms. The summed E-state index contributed by atoms with van der Waals surface area (Å²) in [6.07, 6.45) is 25.1. The highest BCUT2D eigenvalue weighted by atomic mass is 16.5. The van der Waals surface area contributed by atoms with E-state index in [1.54, 1.807) is 0 Å². The second-order valence-corrected chi connectivity index (χ2v) is 8.06. The number of carbonyl (C=O) groups is 3. The fourth-order valence-corrected chi connectivity index (χ4v) is 3.00. The smallest absolute Gasteiger partial charge is 0.330 e. The van der Waals surface area contributed by atoms with Crippen LogP contribution in [0.5, 0.6) is 0 Å². The lowest BCUT2D eigenvalue weighted by molar-refractivity contribution is -0.138. The molecule has 0 aromatic heterocycles. The highest BCUT2D eigenvalue weighted by Gasteiger charge is 1.96. The van der Waals surface area contributed by atoms with Gasteiger partial charge in [-0.25, -0.2) is 4.79 Å². The van der Waals surface area contributed by atoms with Gasteiger partial charge in [0.05, 0.1) is 12.9 Å². The Balaban J connectivity index is -0.000000718. The zero-order valence-corrected chi connectivity index (χ0v) is 22.0. The van der Waals surface area contributed by atoms with Crippen molar-refractivity contribution < 1.29 is 23.9 Å². The maximum absolute atomic E-state index is 10.8. The summed E-state index contributed by atoms with van der Waals surface area (Å²) in [4.78, 5) is 30.1. The lowest BCUT2D eigenvalue weighted by Gasteiger charge is -2.04. The van der Waals surface area contributed by atoms with Gasteiger partial charge in [0.25, 0.3) is 0 Å². The molecule has 198 valence electrons. The van der Waals surface area contributed by atoms with Crippen molar-refractivity contribution in [1.82, 2.24) is 0 Å². The molecule has 0 radical (unpaired) electrons. The van der Waals surface area contributed by atoms with Crippen molar-refractivity contribution in [3.8, 4) is 0 Å². The number of amides is 1. The first-order valence-electron chi connectivity index (χ1n) is 12.8. The number of unbranched alkanes of at least 4 members (excludes halogenated alkanes) is 15. The van der Waals surface area contributed by atoms with Crippen LogP contribution in [0.25, 0.3) is 0 Å². The third kappa shape index (κ3) is 43.5. The molecule has 0 aliphatic rings. The largest absolute Gasteiger partial charge is 0.463 e. The van der Waals surface area contributed by atoms with E-state index in [9.17, 15) is 14.4 Å². The summed E-state index contributed by atoms with van der Waals surface area (Å²) in [5.41, 5.74) is 4.53. The van der Waals surface area contributed by atoms with Crippen molar-refractivity contribution in [2.24, 2.45) is 5.73 Å². The van der Waals surface area contributed by atoms with Crippen molar-refractivity contribution in [2.75, 3.05) is 6.61 Å². The summed E-state index contributed by atoms with van der Waals surface area (Å²) in [6.45, 7) is 13.8.